The average Bonchev–Trinajstić information content (AvgIpc) is 2.67. The number of benzene rings is 3. The summed E-state index contributed by atoms with van der Waals surface area (Å²) in [5.74, 6) is 0.593. The lowest BCUT2D eigenvalue weighted by atomic mass is 10.1. The number of ether oxygens (including phenoxy) is 1. The average molecular weight is 402 g/mol. The van der Waals surface area contributed by atoms with Crippen molar-refractivity contribution in [1.29, 1.82) is 0 Å². The molecule has 0 heterocycles. The van der Waals surface area contributed by atoms with E-state index in [0.29, 0.717) is 30.0 Å². The van der Waals surface area contributed by atoms with Gasteiger partial charge < -0.3 is 15.8 Å². The Labute approximate surface area is 166 Å². The van der Waals surface area contributed by atoms with Crippen LogP contribution in [0.3, 0.4) is 0 Å². The van der Waals surface area contributed by atoms with Gasteiger partial charge in [-0.05, 0) is 73.8 Å². The molecule has 0 aliphatic carbocycles. The molecule has 152 valence electrons. The molecule has 4 nitrogen and oxygen atoms in total. The van der Waals surface area contributed by atoms with Crippen LogP contribution in [0.5, 0.6) is 11.5 Å². The van der Waals surface area contributed by atoms with Crippen LogP contribution < -0.4 is 15.8 Å². The molecule has 29 heavy (non-hydrogen) atoms. The van der Waals surface area contributed by atoms with Gasteiger partial charge in [-0.2, -0.15) is 13.2 Å². The number of hydrogen-bond acceptors (Lipinski definition) is 3. The summed E-state index contributed by atoms with van der Waals surface area (Å²) in [6, 6.07) is 15.0. The summed E-state index contributed by atoms with van der Waals surface area (Å²) in [5, 5.41) is 4.43. The number of carbonyl (C=O) groups excluding carboxylic acids is 1. The summed E-state index contributed by atoms with van der Waals surface area (Å²) in [6.07, 6.45) is -3.71. The molecule has 0 aliphatic heterocycles. The van der Waals surface area contributed by atoms with Crippen LogP contribution in [0.25, 0.3) is 10.8 Å². The molecule has 0 saturated carbocycles. The van der Waals surface area contributed by atoms with Crippen LogP contribution >= 0.6 is 0 Å². The summed E-state index contributed by atoms with van der Waals surface area (Å²) in [6.45, 7) is 2.38. The minimum absolute atomic E-state index is 0.0301. The van der Waals surface area contributed by atoms with Crippen LogP contribution in [0.15, 0.2) is 60.7 Å². The number of hydrogen-bond donors (Lipinski definition) is 2. The Kier molecular flexibility index (Phi) is 6.08. The number of nitrogens with one attached hydrogen (secondary N) is 1. The van der Waals surface area contributed by atoms with Gasteiger partial charge in [-0.3, -0.25) is 4.79 Å². The molecule has 0 aromatic heterocycles. The molecule has 0 bridgehead atoms. The second-order valence-corrected chi connectivity index (χ2v) is 6.77. The van der Waals surface area contributed by atoms with Gasteiger partial charge in [-0.25, -0.2) is 0 Å². The largest absolute Gasteiger partial charge is 0.457 e. The predicted octanol–water partition coefficient (Wildman–Crippen LogP) is 5.12. The van der Waals surface area contributed by atoms with E-state index in [2.05, 4.69) is 5.32 Å². The van der Waals surface area contributed by atoms with Gasteiger partial charge in [0.15, 0.2) is 0 Å². The van der Waals surface area contributed by atoms with Crippen molar-refractivity contribution < 1.29 is 22.7 Å². The summed E-state index contributed by atoms with van der Waals surface area (Å²) in [5.41, 5.74) is 5.28. The fourth-order valence-electron chi connectivity index (χ4n) is 2.95. The van der Waals surface area contributed by atoms with Crippen molar-refractivity contribution in [2.24, 2.45) is 5.73 Å². The number of alkyl halides is 3. The summed E-state index contributed by atoms with van der Waals surface area (Å²) in [7, 11) is 0. The molecule has 0 saturated heterocycles. The minimum atomic E-state index is -4.39. The van der Waals surface area contributed by atoms with E-state index in [1.54, 1.807) is 30.3 Å². The first-order valence-corrected chi connectivity index (χ1v) is 9.17. The number of rotatable bonds is 6. The van der Waals surface area contributed by atoms with Crippen molar-refractivity contribution in [2.75, 3.05) is 6.54 Å². The SMILES string of the molecule is CC(CCN)NC(=O)c1ccc2c(Oc3ccc(C(F)(F)F)cc3)cccc2c1. The van der Waals surface area contributed by atoms with Crippen LogP contribution in [-0.2, 0) is 6.18 Å². The Hall–Kier alpha value is -3.06. The Bertz CT molecular complexity index is 1000. The lowest BCUT2D eigenvalue weighted by Crippen LogP contribution is -2.34. The molecule has 0 fully saturated rings. The molecular weight excluding hydrogens is 381 g/mol. The zero-order valence-corrected chi connectivity index (χ0v) is 15.8. The van der Waals surface area contributed by atoms with E-state index in [4.69, 9.17) is 10.5 Å². The number of halogens is 3. The van der Waals surface area contributed by atoms with Crippen LogP contribution in [-0.4, -0.2) is 18.5 Å². The van der Waals surface area contributed by atoms with Gasteiger partial charge >= 0.3 is 6.18 Å². The normalized spacial score (nSPS) is 12.6. The zero-order valence-electron chi connectivity index (χ0n) is 15.8. The van der Waals surface area contributed by atoms with E-state index in [1.165, 1.54) is 12.1 Å². The maximum Gasteiger partial charge on any atom is 0.416 e. The highest BCUT2D eigenvalue weighted by molar-refractivity contribution is 6.00. The van der Waals surface area contributed by atoms with E-state index in [-0.39, 0.29) is 11.9 Å². The Balaban J connectivity index is 1.82. The van der Waals surface area contributed by atoms with Crippen LogP contribution in [0.2, 0.25) is 0 Å². The van der Waals surface area contributed by atoms with Gasteiger partial charge in [0.2, 0.25) is 0 Å². The Morgan fingerprint density at radius 2 is 1.83 bits per heavy atom. The van der Waals surface area contributed by atoms with E-state index in [1.807, 2.05) is 13.0 Å². The number of nitrogens with two attached hydrogens (primary N) is 1. The molecule has 3 aromatic rings. The Morgan fingerprint density at radius 1 is 1.10 bits per heavy atom. The Morgan fingerprint density at radius 3 is 2.48 bits per heavy atom. The van der Waals surface area contributed by atoms with E-state index >= 15 is 0 Å². The molecule has 3 rings (SSSR count). The van der Waals surface area contributed by atoms with Gasteiger partial charge in [0, 0.05) is 17.0 Å². The number of fused-ring (bicyclic) bond motifs is 1. The third-order valence-electron chi connectivity index (χ3n) is 4.49. The summed E-state index contributed by atoms with van der Waals surface area (Å²) < 4.78 is 43.9. The van der Waals surface area contributed by atoms with E-state index < -0.39 is 11.7 Å². The van der Waals surface area contributed by atoms with Gasteiger partial charge in [-0.1, -0.05) is 12.1 Å². The van der Waals surface area contributed by atoms with Gasteiger partial charge in [0.05, 0.1) is 5.56 Å². The molecule has 0 spiro atoms. The molecule has 7 heteroatoms. The molecular formula is C22H21F3N2O2. The smallest absolute Gasteiger partial charge is 0.416 e. The van der Waals surface area contributed by atoms with E-state index in [9.17, 15) is 18.0 Å². The molecule has 0 aliphatic rings. The van der Waals surface area contributed by atoms with Crippen molar-refractivity contribution in [2.45, 2.75) is 25.6 Å². The molecule has 1 atom stereocenters. The lowest BCUT2D eigenvalue weighted by Gasteiger charge is -2.14. The quantitative estimate of drug-likeness (QED) is 0.602. The van der Waals surface area contributed by atoms with Gasteiger partial charge in [-0.15, -0.1) is 0 Å². The first-order valence-electron chi connectivity index (χ1n) is 9.17. The second-order valence-electron chi connectivity index (χ2n) is 6.77. The highest BCUT2D eigenvalue weighted by Gasteiger charge is 2.30. The third kappa shape index (κ3) is 5.06. The van der Waals surface area contributed by atoms with Crippen molar-refractivity contribution in [3.63, 3.8) is 0 Å². The molecule has 1 amide bonds. The maximum atomic E-state index is 12.7. The summed E-state index contributed by atoms with van der Waals surface area (Å²) >= 11 is 0. The fourth-order valence-corrected chi connectivity index (χ4v) is 2.95. The van der Waals surface area contributed by atoms with Crippen molar-refractivity contribution in [3.05, 3.63) is 71.8 Å². The van der Waals surface area contributed by atoms with E-state index in [0.717, 1.165) is 22.9 Å². The van der Waals surface area contributed by atoms with Crippen molar-refractivity contribution in [3.8, 4) is 11.5 Å². The molecule has 3 N–H and O–H groups in total. The molecule has 3 aromatic carbocycles. The number of amides is 1. The van der Waals surface area contributed by atoms with Crippen molar-refractivity contribution in [1.82, 2.24) is 5.32 Å². The van der Waals surface area contributed by atoms with Crippen molar-refractivity contribution >= 4 is 16.7 Å². The predicted molar refractivity (Wildman–Crippen MR) is 106 cm³/mol. The van der Waals surface area contributed by atoms with Crippen LogP contribution in [0.4, 0.5) is 13.2 Å². The van der Waals surface area contributed by atoms with Gasteiger partial charge in [0.1, 0.15) is 11.5 Å². The molecule has 0 radical (unpaired) electrons. The van der Waals surface area contributed by atoms with Gasteiger partial charge in [0.25, 0.3) is 5.91 Å². The first kappa shape index (κ1) is 20.7. The minimum Gasteiger partial charge on any atom is -0.457 e. The monoisotopic (exact) mass is 402 g/mol. The number of carbonyl (C=O) groups is 1. The highest BCUT2D eigenvalue weighted by atomic mass is 19.4. The zero-order chi connectivity index (χ0) is 21.0. The van der Waals surface area contributed by atoms with Crippen LogP contribution in [0, 0.1) is 0 Å². The van der Waals surface area contributed by atoms with Crippen LogP contribution in [0.1, 0.15) is 29.3 Å². The summed E-state index contributed by atoms with van der Waals surface area (Å²) in [4.78, 5) is 12.4. The fraction of sp³-hybridized carbons (Fsp3) is 0.227. The topological polar surface area (TPSA) is 64.3 Å². The second kappa shape index (κ2) is 8.53. The third-order valence-corrected chi connectivity index (χ3v) is 4.49. The highest BCUT2D eigenvalue weighted by Crippen LogP contribution is 2.33. The molecule has 1 unspecified atom stereocenters. The standard InChI is InChI=1S/C22H21F3N2O2/c1-14(11-12-26)27-21(28)16-5-10-19-15(13-16)3-2-4-20(19)29-18-8-6-17(7-9-18)22(23,24)25/h2-10,13-14H,11-12,26H2,1H3,(H,27,28). The first-order chi connectivity index (χ1) is 13.8. The lowest BCUT2D eigenvalue weighted by molar-refractivity contribution is -0.137. The maximum absolute atomic E-state index is 12.7.